The summed E-state index contributed by atoms with van der Waals surface area (Å²) >= 11 is 0. The van der Waals surface area contributed by atoms with E-state index in [-0.39, 0.29) is 62.0 Å². The summed E-state index contributed by atoms with van der Waals surface area (Å²) in [6.07, 6.45) is 0. The molecule has 238 valence electrons. The Kier molecular flexibility index (Phi) is 7.38. The molecular weight excluding hydrogens is 712 g/mol. The molecule has 0 amide bonds. The smallest absolute Gasteiger partial charge is 0.545 e. The van der Waals surface area contributed by atoms with Crippen LogP contribution < -0.4 is 10.2 Å². The normalized spacial score (nSPS) is 11.3. The summed E-state index contributed by atoms with van der Waals surface area (Å²) in [5.74, 6) is -2.05. The average Bonchev–Trinajstić information content (AvgIpc) is 3.80. The molecule has 12 nitrogen and oxygen atoms in total. The number of aromatic amines is 2. The van der Waals surface area contributed by atoms with Gasteiger partial charge in [0.25, 0.3) is 0 Å². The molecule has 0 unspecified atom stereocenters. The summed E-state index contributed by atoms with van der Waals surface area (Å²) < 4.78 is 0. The van der Waals surface area contributed by atoms with E-state index in [1.165, 1.54) is 6.07 Å². The number of aromatic nitrogens is 8. The summed E-state index contributed by atoms with van der Waals surface area (Å²) in [5.41, 5.74) is 2.96. The SMILES string of the molecule is O=C([O-])c1ccc2c3nc4nc(nc5[nH]c(nc6nc(nc([nH]3)c2c1C(=O)[O-])-c1ccccc1-6)c1ccccc51)-c1ccccc1-4.[Cu+].[Cu+]. The minimum atomic E-state index is -1.71. The number of fused-ring (bicyclic) bond motifs is 20. The molecule has 8 bridgehead atoms. The zero-order valence-corrected chi connectivity index (χ0v) is 25.9. The maximum atomic E-state index is 12.5. The van der Waals surface area contributed by atoms with Gasteiger partial charge in [0.2, 0.25) is 0 Å². The van der Waals surface area contributed by atoms with E-state index >= 15 is 0 Å². The van der Waals surface area contributed by atoms with Gasteiger partial charge in [-0.25, -0.2) is 29.9 Å². The van der Waals surface area contributed by atoms with Crippen LogP contribution in [0.25, 0.3) is 89.7 Å². The fourth-order valence-electron chi connectivity index (χ4n) is 6.11. The molecule has 2 aliphatic heterocycles. The predicted octanol–water partition coefficient (Wildman–Crippen LogP) is 3.59. The molecule has 0 aliphatic carbocycles. The Hall–Kier alpha value is -5.78. The van der Waals surface area contributed by atoms with Crippen LogP contribution in [0.1, 0.15) is 20.7 Å². The van der Waals surface area contributed by atoms with Gasteiger partial charge in [0.15, 0.2) is 23.3 Å². The summed E-state index contributed by atoms with van der Waals surface area (Å²) in [6, 6.07) is 25.2. The summed E-state index contributed by atoms with van der Waals surface area (Å²) in [4.78, 5) is 59.8. The monoisotopic (exact) mass is 726 g/mol. The van der Waals surface area contributed by atoms with Crippen LogP contribution in [0.4, 0.5) is 0 Å². The van der Waals surface area contributed by atoms with Crippen molar-refractivity contribution in [3.8, 4) is 45.6 Å². The molecule has 0 saturated heterocycles. The molecule has 2 N–H and O–H groups in total. The van der Waals surface area contributed by atoms with E-state index in [1.54, 1.807) is 0 Å². The van der Waals surface area contributed by atoms with E-state index in [0.29, 0.717) is 45.5 Å². The molecule has 48 heavy (non-hydrogen) atoms. The molecule has 9 rings (SSSR count). The number of aromatic carboxylic acids is 2. The zero-order chi connectivity index (χ0) is 31.1. The largest absolute Gasteiger partial charge is 1.00 e. The molecule has 4 aromatic carbocycles. The fourth-order valence-corrected chi connectivity index (χ4v) is 6.11. The van der Waals surface area contributed by atoms with Crippen molar-refractivity contribution in [2.75, 3.05) is 0 Å². The van der Waals surface area contributed by atoms with E-state index in [4.69, 9.17) is 29.9 Å². The fraction of sp³-hybridized carbons (Fsp3) is 0. The number of hydrogen-bond acceptors (Lipinski definition) is 10. The van der Waals surface area contributed by atoms with Gasteiger partial charge in [-0.3, -0.25) is 0 Å². The molecule has 0 spiro atoms. The third-order valence-corrected chi connectivity index (χ3v) is 8.14. The van der Waals surface area contributed by atoms with Crippen LogP contribution in [0.3, 0.4) is 0 Å². The van der Waals surface area contributed by atoms with Crippen molar-refractivity contribution in [1.82, 2.24) is 39.9 Å². The van der Waals surface area contributed by atoms with Crippen LogP contribution in [0.15, 0.2) is 84.9 Å². The Balaban J connectivity index is 0.00000182. The van der Waals surface area contributed by atoms with Gasteiger partial charge in [-0.2, -0.15) is 0 Å². The number of hydrogen-bond donors (Lipinski definition) is 2. The number of carbonyl (C=O) groups is 2. The van der Waals surface area contributed by atoms with Crippen LogP contribution in [0.5, 0.6) is 0 Å². The molecule has 5 heterocycles. The molecule has 0 saturated carbocycles. The standard InChI is InChI=1S/C34H18N8O4.2Cu/c43-33(44)22-14-13-21-23(24(22)34(45)46)32-41-30-20-12-6-5-11-19(20)28(39-30)37-26-16-8-2-1-7-15(16)25(35-26)36-27-17-9-3-4-10-18(17)29(38-27)40-31(21)42-32;;/h1-14H,(H,43,44)(H,45,46)(H2,35,36,37,38,39,40,41,42);;/q;2*+1/p-2. The van der Waals surface area contributed by atoms with Crippen LogP contribution >= 0.6 is 0 Å². The number of rotatable bonds is 2. The summed E-state index contributed by atoms with van der Waals surface area (Å²) in [6.45, 7) is 0. The number of carboxylic acids is 2. The van der Waals surface area contributed by atoms with Crippen LogP contribution in [-0.4, -0.2) is 51.8 Å². The van der Waals surface area contributed by atoms with Crippen molar-refractivity contribution < 1.29 is 53.9 Å². The second kappa shape index (κ2) is 11.5. The molecule has 0 atom stereocenters. The van der Waals surface area contributed by atoms with Gasteiger partial charge in [0.05, 0.1) is 11.9 Å². The van der Waals surface area contributed by atoms with Crippen LogP contribution in [0.2, 0.25) is 0 Å². The number of carbonyl (C=O) groups excluding carboxylic acids is 2. The number of benzene rings is 4. The van der Waals surface area contributed by atoms with Gasteiger partial charge in [0.1, 0.15) is 22.6 Å². The van der Waals surface area contributed by atoms with E-state index in [9.17, 15) is 19.8 Å². The Morgan fingerprint density at radius 1 is 0.458 bits per heavy atom. The Bertz CT molecular complexity index is 2680. The maximum absolute atomic E-state index is 12.5. The second-order valence-corrected chi connectivity index (χ2v) is 10.7. The quantitative estimate of drug-likeness (QED) is 0.249. The third-order valence-electron chi connectivity index (χ3n) is 8.14. The van der Waals surface area contributed by atoms with Crippen molar-refractivity contribution in [2.45, 2.75) is 0 Å². The molecule has 7 aromatic rings. The van der Waals surface area contributed by atoms with Gasteiger partial charge in [-0.1, -0.05) is 78.9 Å². The topological polar surface area (TPSA) is 189 Å². The van der Waals surface area contributed by atoms with Crippen molar-refractivity contribution in [3.05, 3.63) is 96.1 Å². The maximum Gasteiger partial charge on any atom is 1.00 e. The number of nitrogens with zero attached hydrogens (tertiary/aromatic N) is 6. The first-order chi connectivity index (χ1) is 22.4. The van der Waals surface area contributed by atoms with Gasteiger partial charge in [0, 0.05) is 54.9 Å². The van der Waals surface area contributed by atoms with E-state index in [0.717, 1.165) is 22.4 Å². The van der Waals surface area contributed by atoms with Gasteiger partial charge in [-0.15, -0.1) is 0 Å². The number of H-pyrrole nitrogens is 2. The zero-order valence-electron chi connectivity index (χ0n) is 24.0. The summed E-state index contributed by atoms with van der Waals surface area (Å²) in [7, 11) is 0. The molecular formula is C34H16Cu2N8O4. The Morgan fingerprint density at radius 3 is 1.29 bits per heavy atom. The second-order valence-electron chi connectivity index (χ2n) is 10.7. The van der Waals surface area contributed by atoms with E-state index < -0.39 is 23.1 Å². The molecule has 3 aromatic heterocycles. The molecule has 14 heteroatoms. The first-order valence-corrected chi connectivity index (χ1v) is 14.1. The van der Waals surface area contributed by atoms with Crippen molar-refractivity contribution >= 4 is 56.1 Å². The first kappa shape index (κ1) is 30.9. The number of carboxylic acid groups (broad SMARTS) is 2. The molecule has 2 aliphatic rings. The van der Waals surface area contributed by atoms with Gasteiger partial charge in [-0.05, 0) is 6.07 Å². The minimum Gasteiger partial charge on any atom is -0.545 e. The summed E-state index contributed by atoms with van der Waals surface area (Å²) in [5, 5.41) is 26.4. The third kappa shape index (κ3) is 4.58. The van der Waals surface area contributed by atoms with Crippen LogP contribution in [0, 0.1) is 0 Å². The van der Waals surface area contributed by atoms with Crippen molar-refractivity contribution in [1.29, 1.82) is 0 Å². The molecule has 0 radical (unpaired) electrons. The van der Waals surface area contributed by atoms with E-state index in [1.807, 2.05) is 72.8 Å². The molecule has 0 fully saturated rings. The van der Waals surface area contributed by atoms with Crippen molar-refractivity contribution in [3.63, 3.8) is 0 Å². The van der Waals surface area contributed by atoms with E-state index in [2.05, 4.69) is 9.97 Å². The Labute approximate surface area is 290 Å². The first-order valence-electron chi connectivity index (χ1n) is 14.1. The minimum absolute atomic E-state index is 0. The van der Waals surface area contributed by atoms with Gasteiger partial charge < -0.3 is 29.8 Å². The Morgan fingerprint density at radius 2 is 0.854 bits per heavy atom. The van der Waals surface area contributed by atoms with Crippen molar-refractivity contribution in [2.24, 2.45) is 0 Å². The van der Waals surface area contributed by atoms with Gasteiger partial charge >= 0.3 is 34.1 Å². The van der Waals surface area contributed by atoms with Crippen LogP contribution in [-0.2, 0) is 34.1 Å². The number of nitrogens with one attached hydrogen (secondary N) is 2. The average molecular weight is 728 g/mol. The predicted molar refractivity (Wildman–Crippen MR) is 165 cm³/mol.